The standard InChI is InChI=1S/C50H34N4/c1-50(2)41-29-14-13-25-39(41)43-36(26-16-30-42(43)50)38-27-15-28-40-44-35-23-11-9-21-33(35)34-22-10-12-24-37(34)46(44)54(45(38)40)49-52-47(31-17-5-3-6-18-31)51-48(53-49)32-19-7-4-8-20-32/h3-30H,1-2H3. The van der Waals surface area contributed by atoms with Gasteiger partial charge < -0.3 is 0 Å². The molecule has 8 aromatic carbocycles. The van der Waals surface area contributed by atoms with E-state index >= 15 is 0 Å². The highest BCUT2D eigenvalue weighted by Crippen LogP contribution is 2.53. The molecule has 0 spiro atoms. The second-order valence-corrected chi connectivity index (χ2v) is 14.8. The molecular weight excluding hydrogens is 657 g/mol. The lowest BCUT2D eigenvalue weighted by Crippen LogP contribution is -2.14. The number of nitrogens with zero attached hydrogens (tertiary/aromatic N) is 4. The summed E-state index contributed by atoms with van der Waals surface area (Å²) in [6.45, 7) is 4.69. The molecule has 0 atom stereocenters. The molecule has 254 valence electrons. The van der Waals surface area contributed by atoms with Gasteiger partial charge in [-0.3, -0.25) is 4.57 Å². The fraction of sp³-hybridized carbons (Fsp3) is 0.0600. The molecule has 0 saturated carbocycles. The summed E-state index contributed by atoms with van der Waals surface area (Å²) >= 11 is 0. The van der Waals surface area contributed by atoms with Crippen LogP contribution in [0.25, 0.3) is 94.3 Å². The smallest absolute Gasteiger partial charge is 0.238 e. The predicted octanol–water partition coefficient (Wildman–Crippen LogP) is 12.6. The van der Waals surface area contributed by atoms with E-state index < -0.39 is 0 Å². The molecule has 11 rings (SSSR count). The van der Waals surface area contributed by atoms with E-state index in [1.54, 1.807) is 0 Å². The summed E-state index contributed by atoms with van der Waals surface area (Å²) in [4.78, 5) is 15.8. The fourth-order valence-corrected chi connectivity index (χ4v) is 9.02. The summed E-state index contributed by atoms with van der Waals surface area (Å²) in [6, 6.07) is 60.5. The van der Waals surface area contributed by atoms with Crippen molar-refractivity contribution in [1.29, 1.82) is 0 Å². The van der Waals surface area contributed by atoms with E-state index in [9.17, 15) is 0 Å². The third kappa shape index (κ3) is 4.34. The quantitative estimate of drug-likeness (QED) is 0.173. The van der Waals surface area contributed by atoms with Gasteiger partial charge in [0, 0.05) is 38.3 Å². The zero-order valence-corrected chi connectivity index (χ0v) is 30.0. The number of aromatic nitrogens is 4. The van der Waals surface area contributed by atoms with Crippen molar-refractivity contribution in [3.8, 4) is 51.0 Å². The van der Waals surface area contributed by atoms with Gasteiger partial charge >= 0.3 is 0 Å². The molecule has 1 aliphatic rings. The molecule has 0 N–H and O–H groups in total. The van der Waals surface area contributed by atoms with Gasteiger partial charge in [0.1, 0.15) is 0 Å². The van der Waals surface area contributed by atoms with Gasteiger partial charge in [0.25, 0.3) is 0 Å². The van der Waals surface area contributed by atoms with Gasteiger partial charge in [-0.25, -0.2) is 4.98 Å². The largest absolute Gasteiger partial charge is 0.277 e. The number of rotatable bonds is 4. The fourth-order valence-electron chi connectivity index (χ4n) is 9.02. The molecule has 0 aliphatic heterocycles. The Morgan fingerprint density at radius 2 is 0.889 bits per heavy atom. The summed E-state index contributed by atoms with van der Waals surface area (Å²) in [7, 11) is 0. The molecule has 0 saturated heterocycles. The van der Waals surface area contributed by atoms with Crippen molar-refractivity contribution in [3.63, 3.8) is 0 Å². The molecule has 54 heavy (non-hydrogen) atoms. The van der Waals surface area contributed by atoms with Gasteiger partial charge in [0.05, 0.1) is 11.0 Å². The van der Waals surface area contributed by atoms with Crippen LogP contribution in [-0.2, 0) is 5.41 Å². The number of hydrogen-bond donors (Lipinski definition) is 0. The summed E-state index contributed by atoms with van der Waals surface area (Å²) < 4.78 is 2.33. The van der Waals surface area contributed by atoms with Crippen LogP contribution in [0.2, 0.25) is 0 Å². The number of para-hydroxylation sites is 1. The Bertz CT molecular complexity index is 3060. The zero-order chi connectivity index (χ0) is 36.0. The maximum absolute atomic E-state index is 5.37. The van der Waals surface area contributed by atoms with Gasteiger partial charge in [-0.2, -0.15) is 9.97 Å². The minimum absolute atomic E-state index is 0.127. The average molecular weight is 691 g/mol. The lowest BCUT2D eigenvalue weighted by molar-refractivity contribution is 0.660. The van der Waals surface area contributed by atoms with E-state index in [1.807, 2.05) is 36.4 Å². The molecule has 4 heteroatoms. The Morgan fingerprint density at radius 1 is 0.389 bits per heavy atom. The summed E-state index contributed by atoms with van der Waals surface area (Å²) in [5, 5.41) is 7.14. The Balaban J connectivity index is 1.35. The van der Waals surface area contributed by atoms with Crippen LogP contribution in [0.15, 0.2) is 170 Å². The highest BCUT2D eigenvalue weighted by Gasteiger charge is 2.37. The second kappa shape index (κ2) is 11.5. The normalized spacial score (nSPS) is 13.1. The minimum atomic E-state index is -0.127. The Kier molecular flexibility index (Phi) is 6.56. The second-order valence-electron chi connectivity index (χ2n) is 14.8. The Labute approximate surface area is 313 Å². The first kappa shape index (κ1) is 30.7. The molecule has 4 nitrogen and oxygen atoms in total. The summed E-state index contributed by atoms with van der Waals surface area (Å²) in [5.74, 6) is 1.85. The van der Waals surface area contributed by atoms with Gasteiger partial charge in [0.15, 0.2) is 11.6 Å². The third-order valence-corrected chi connectivity index (χ3v) is 11.4. The van der Waals surface area contributed by atoms with Crippen LogP contribution in [-0.4, -0.2) is 19.5 Å². The molecular formula is C50H34N4. The average Bonchev–Trinajstić information content (AvgIpc) is 3.71. The Morgan fingerprint density at radius 3 is 1.59 bits per heavy atom. The van der Waals surface area contributed by atoms with E-state index in [0.717, 1.165) is 38.5 Å². The van der Waals surface area contributed by atoms with Crippen LogP contribution in [0, 0.1) is 0 Å². The molecule has 0 unspecified atom stereocenters. The van der Waals surface area contributed by atoms with Crippen molar-refractivity contribution >= 4 is 43.4 Å². The number of fused-ring (bicyclic) bond motifs is 11. The monoisotopic (exact) mass is 690 g/mol. The zero-order valence-electron chi connectivity index (χ0n) is 30.0. The van der Waals surface area contributed by atoms with Crippen LogP contribution in [0.5, 0.6) is 0 Å². The van der Waals surface area contributed by atoms with Crippen LogP contribution in [0.3, 0.4) is 0 Å². The maximum atomic E-state index is 5.37. The van der Waals surface area contributed by atoms with Crippen LogP contribution in [0.4, 0.5) is 0 Å². The summed E-state index contributed by atoms with van der Waals surface area (Å²) in [6.07, 6.45) is 0. The minimum Gasteiger partial charge on any atom is -0.277 e. The Hall–Kier alpha value is -6.91. The van der Waals surface area contributed by atoms with Gasteiger partial charge in [-0.15, -0.1) is 0 Å². The molecule has 0 radical (unpaired) electrons. The van der Waals surface area contributed by atoms with E-state index in [-0.39, 0.29) is 5.41 Å². The van der Waals surface area contributed by atoms with E-state index in [2.05, 4.69) is 152 Å². The lowest BCUT2D eigenvalue weighted by atomic mass is 9.82. The number of hydrogen-bond acceptors (Lipinski definition) is 3. The highest BCUT2D eigenvalue weighted by atomic mass is 15.2. The third-order valence-electron chi connectivity index (χ3n) is 11.4. The first-order valence-corrected chi connectivity index (χ1v) is 18.6. The van der Waals surface area contributed by atoms with Gasteiger partial charge in [-0.1, -0.05) is 184 Å². The van der Waals surface area contributed by atoms with Crippen molar-refractivity contribution < 1.29 is 0 Å². The van der Waals surface area contributed by atoms with Gasteiger partial charge in [-0.05, 0) is 44.0 Å². The summed E-state index contributed by atoms with van der Waals surface area (Å²) in [5.41, 5.74) is 11.5. The van der Waals surface area contributed by atoms with E-state index in [4.69, 9.17) is 15.0 Å². The van der Waals surface area contributed by atoms with Gasteiger partial charge in [0.2, 0.25) is 5.95 Å². The highest BCUT2D eigenvalue weighted by molar-refractivity contribution is 6.33. The topological polar surface area (TPSA) is 43.6 Å². The van der Waals surface area contributed by atoms with Crippen molar-refractivity contribution in [2.45, 2.75) is 19.3 Å². The molecule has 0 bridgehead atoms. The molecule has 2 heterocycles. The first-order chi connectivity index (χ1) is 26.6. The van der Waals surface area contributed by atoms with Crippen molar-refractivity contribution in [3.05, 3.63) is 181 Å². The van der Waals surface area contributed by atoms with Crippen LogP contribution >= 0.6 is 0 Å². The number of benzene rings is 8. The van der Waals surface area contributed by atoms with Crippen molar-refractivity contribution in [2.24, 2.45) is 0 Å². The SMILES string of the molecule is CC1(C)c2ccccc2-c2c(-c3cccc4c5c6ccccc6c6ccccc6c5n(-c5nc(-c6ccccc6)nc(-c6ccccc6)n5)c34)cccc21. The molecule has 0 amide bonds. The lowest BCUT2D eigenvalue weighted by Gasteiger charge is -2.21. The van der Waals surface area contributed by atoms with E-state index in [0.29, 0.717) is 17.6 Å². The molecule has 2 aromatic heterocycles. The molecule has 10 aromatic rings. The van der Waals surface area contributed by atoms with Crippen LogP contribution < -0.4 is 0 Å². The van der Waals surface area contributed by atoms with Crippen molar-refractivity contribution in [2.75, 3.05) is 0 Å². The molecule has 1 aliphatic carbocycles. The van der Waals surface area contributed by atoms with Crippen molar-refractivity contribution in [1.82, 2.24) is 19.5 Å². The maximum Gasteiger partial charge on any atom is 0.238 e. The first-order valence-electron chi connectivity index (χ1n) is 18.6. The molecule has 0 fully saturated rings. The van der Waals surface area contributed by atoms with E-state index in [1.165, 1.54) is 49.4 Å². The van der Waals surface area contributed by atoms with Crippen LogP contribution in [0.1, 0.15) is 25.0 Å². The predicted molar refractivity (Wildman–Crippen MR) is 223 cm³/mol.